The number of halogens is 4. The molecule has 2 aromatic heterocycles. The first-order valence-electron chi connectivity index (χ1n) is 8.17. The van der Waals surface area contributed by atoms with Crippen molar-refractivity contribution < 1.29 is 21.6 Å². The molecule has 2 heterocycles. The van der Waals surface area contributed by atoms with Gasteiger partial charge in [-0.15, -0.1) is 0 Å². The molecule has 7 nitrogen and oxygen atoms in total. The Hall–Kier alpha value is -2.66. The molecular formula is C17H15ClF3N5O2S. The number of anilines is 1. The molecule has 3 aromatic rings. The highest BCUT2D eigenvalue weighted by Crippen LogP contribution is 2.34. The van der Waals surface area contributed by atoms with E-state index in [2.05, 4.69) is 19.8 Å². The van der Waals surface area contributed by atoms with Crippen LogP contribution < -0.4 is 4.72 Å². The Labute approximate surface area is 169 Å². The summed E-state index contributed by atoms with van der Waals surface area (Å²) in [7, 11) is -2.57. The molecule has 12 heteroatoms. The standard InChI is InChI=1S/C17H15ClF3N5O2S/c1-10-5-3-4-6-12(10)14-13(7-17(19,20)21)15(18)24-16(23-14)25-29(27,28)11-8-22-26(2)9-11/h3-6,8-9H,7H2,1-2H3,(H,23,24,25). The Morgan fingerprint density at radius 2 is 1.90 bits per heavy atom. The van der Waals surface area contributed by atoms with Gasteiger partial charge >= 0.3 is 6.18 Å². The zero-order valence-corrected chi connectivity index (χ0v) is 16.8. The Bertz CT molecular complexity index is 1160. The highest BCUT2D eigenvalue weighted by Gasteiger charge is 2.32. The Balaban J connectivity index is 2.12. The molecule has 0 amide bonds. The van der Waals surface area contributed by atoms with Gasteiger partial charge in [0.2, 0.25) is 5.95 Å². The minimum Gasteiger partial charge on any atom is -0.274 e. The minimum absolute atomic E-state index is 0.0932. The number of rotatable bonds is 5. The van der Waals surface area contributed by atoms with Crippen molar-refractivity contribution in [2.45, 2.75) is 24.4 Å². The van der Waals surface area contributed by atoms with Crippen LogP contribution in [-0.4, -0.2) is 34.3 Å². The second-order valence-corrected chi connectivity index (χ2v) is 8.27. The summed E-state index contributed by atoms with van der Waals surface area (Å²) in [6, 6.07) is 6.63. The third-order valence-corrected chi connectivity index (χ3v) is 5.55. The summed E-state index contributed by atoms with van der Waals surface area (Å²) >= 11 is 6.02. The Morgan fingerprint density at radius 1 is 1.21 bits per heavy atom. The topological polar surface area (TPSA) is 89.8 Å². The second kappa shape index (κ2) is 7.64. The fourth-order valence-electron chi connectivity index (χ4n) is 2.64. The molecule has 3 rings (SSSR count). The first-order valence-corrected chi connectivity index (χ1v) is 10.0. The average molecular weight is 446 g/mol. The van der Waals surface area contributed by atoms with Gasteiger partial charge in [0, 0.05) is 24.4 Å². The number of aromatic nitrogens is 4. The van der Waals surface area contributed by atoms with Crippen molar-refractivity contribution in [3.05, 3.63) is 52.9 Å². The van der Waals surface area contributed by atoms with Crippen LogP contribution in [0.2, 0.25) is 5.15 Å². The lowest BCUT2D eigenvalue weighted by Gasteiger charge is -2.16. The van der Waals surface area contributed by atoms with E-state index in [4.69, 9.17) is 11.6 Å². The molecule has 0 bridgehead atoms. The first kappa shape index (κ1) is 21.1. The van der Waals surface area contributed by atoms with E-state index in [9.17, 15) is 21.6 Å². The van der Waals surface area contributed by atoms with Crippen LogP contribution in [0.5, 0.6) is 0 Å². The van der Waals surface area contributed by atoms with Gasteiger partial charge in [0.05, 0.1) is 18.3 Å². The Kier molecular flexibility index (Phi) is 5.54. The monoisotopic (exact) mass is 445 g/mol. The number of benzene rings is 1. The zero-order chi connectivity index (χ0) is 21.4. The summed E-state index contributed by atoms with van der Waals surface area (Å²) in [4.78, 5) is 7.62. The van der Waals surface area contributed by atoms with Crippen LogP contribution in [-0.2, 0) is 23.5 Å². The number of nitrogens with one attached hydrogen (secondary N) is 1. The first-order chi connectivity index (χ1) is 13.5. The maximum atomic E-state index is 13.1. The molecule has 0 spiro atoms. The second-order valence-electron chi connectivity index (χ2n) is 6.23. The largest absolute Gasteiger partial charge is 0.393 e. The van der Waals surface area contributed by atoms with Gasteiger partial charge in [0.25, 0.3) is 10.0 Å². The van der Waals surface area contributed by atoms with Gasteiger partial charge in [0.15, 0.2) is 0 Å². The maximum Gasteiger partial charge on any atom is 0.393 e. The molecule has 0 fully saturated rings. The molecule has 1 aromatic carbocycles. The summed E-state index contributed by atoms with van der Waals surface area (Å²) in [5.74, 6) is -0.442. The molecule has 0 atom stereocenters. The van der Waals surface area contributed by atoms with Crippen LogP contribution in [0.15, 0.2) is 41.6 Å². The van der Waals surface area contributed by atoms with Crippen molar-refractivity contribution in [1.82, 2.24) is 19.7 Å². The van der Waals surface area contributed by atoms with Gasteiger partial charge in [-0.1, -0.05) is 35.9 Å². The quantitative estimate of drug-likeness (QED) is 0.604. The summed E-state index contributed by atoms with van der Waals surface area (Å²) in [6.45, 7) is 1.70. The summed E-state index contributed by atoms with van der Waals surface area (Å²) in [5.41, 5.74) is 0.603. The van der Waals surface area contributed by atoms with Crippen LogP contribution in [0.25, 0.3) is 11.3 Å². The van der Waals surface area contributed by atoms with Gasteiger partial charge in [0.1, 0.15) is 10.0 Å². The number of aryl methyl sites for hydroxylation is 2. The number of sulfonamides is 1. The van der Waals surface area contributed by atoms with Gasteiger partial charge < -0.3 is 0 Å². The van der Waals surface area contributed by atoms with E-state index in [1.165, 1.54) is 17.9 Å². The van der Waals surface area contributed by atoms with Crippen molar-refractivity contribution >= 4 is 27.6 Å². The van der Waals surface area contributed by atoms with Crippen molar-refractivity contribution in [2.75, 3.05) is 4.72 Å². The van der Waals surface area contributed by atoms with Crippen LogP contribution >= 0.6 is 11.6 Å². The third-order valence-electron chi connectivity index (χ3n) is 3.95. The predicted molar refractivity (Wildman–Crippen MR) is 101 cm³/mol. The molecule has 0 aliphatic heterocycles. The SMILES string of the molecule is Cc1ccccc1-c1nc(NS(=O)(=O)c2cnn(C)c2)nc(Cl)c1CC(F)(F)F. The smallest absolute Gasteiger partial charge is 0.274 e. The van der Waals surface area contributed by atoms with Crippen LogP contribution in [0.3, 0.4) is 0 Å². The maximum absolute atomic E-state index is 13.1. The molecule has 0 radical (unpaired) electrons. The number of hydrogen-bond donors (Lipinski definition) is 1. The minimum atomic E-state index is -4.55. The van der Waals surface area contributed by atoms with Crippen molar-refractivity contribution in [3.63, 3.8) is 0 Å². The van der Waals surface area contributed by atoms with E-state index >= 15 is 0 Å². The Morgan fingerprint density at radius 3 is 2.48 bits per heavy atom. The number of hydrogen-bond acceptors (Lipinski definition) is 5. The fourth-order valence-corrected chi connectivity index (χ4v) is 3.80. The van der Waals surface area contributed by atoms with E-state index in [1.807, 2.05) is 0 Å². The number of nitrogens with zero attached hydrogens (tertiary/aromatic N) is 4. The third kappa shape index (κ3) is 4.85. The van der Waals surface area contributed by atoms with Gasteiger partial charge in [-0.25, -0.2) is 18.1 Å². The highest BCUT2D eigenvalue weighted by atomic mass is 35.5. The van der Waals surface area contributed by atoms with E-state index in [0.717, 1.165) is 6.20 Å². The molecule has 1 N–H and O–H groups in total. The lowest BCUT2D eigenvalue weighted by Crippen LogP contribution is -2.18. The van der Waals surface area contributed by atoms with Gasteiger partial charge in [-0.3, -0.25) is 4.68 Å². The average Bonchev–Trinajstić information content (AvgIpc) is 3.04. The van der Waals surface area contributed by atoms with E-state index in [1.54, 1.807) is 31.2 Å². The molecule has 0 aliphatic carbocycles. The predicted octanol–water partition coefficient (Wildman–Crippen LogP) is 3.74. The zero-order valence-electron chi connectivity index (χ0n) is 15.2. The summed E-state index contributed by atoms with van der Waals surface area (Å²) < 4.78 is 67.6. The van der Waals surface area contributed by atoms with Gasteiger partial charge in [-0.2, -0.15) is 23.3 Å². The van der Waals surface area contributed by atoms with Crippen molar-refractivity contribution in [3.8, 4) is 11.3 Å². The molecular weight excluding hydrogens is 431 g/mol. The lowest BCUT2D eigenvalue weighted by atomic mass is 10.0. The van der Waals surface area contributed by atoms with Crippen LogP contribution in [0.4, 0.5) is 19.1 Å². The molecule has 29 heavy (non-hydrogen) atoms. The molecule has 0 saturated carbocycles. The molecule has 0 unspecified atom stereocenters. The van der Waals surface area contributed by atoms with Crippen LogP contribution in [0.1, 0.15) is 11.1 Å². The van der Waals surface area contributed by atoms with E-state index < -0.39 is 33.7 Å². The van der Waals surface area contributed by atoms with Crippen LogP contribution in [0, 0.1) is 6.92 Å². The normalized spacial score (nSPS) is 12.2. The highest BCUT2D eigenvalue weighted by molar-refractivity contribution is 7.92. The van der Waals surface area contributed by atoms with Gasteiger partial charge in [-0.05, 0) is 12.5 Å². The fraction of sp³-hybridized carbons (Fsp3) is 0.235. The number of alkyl halides is 3. The van der Waals surface area contributed by atoms with E-state index in [-0.39, 0.29) is 16.2 Å². The molecule has 0 saturated heterocycles. The molecule has 0 aliphatic rings. The van der Waals surface area contributed by atoms with Crippen molar-refractivity contribution in [2.24, 2.45) is 7.05 Å². The molecule has 154 valence electrons. The lowest BCUT2D eigenvalue weighted by molar-refractivity contribution is -0.127. The summed E-state index contributed by atoms with van der Waals surface area (Å²) in [5, 5.41) is 3.29. The van der Waals surface area contributed by atoms with Crippen molar-refractivity contribution in [1.29, 1.82) is 0 Å². The summed E-state index contributed by atoms with van der Waals surface area (Å²) in [6.07, 6.45) is -3.54. The van der Waals surface area contributed by atoms with E-state index in [0.29, 0.717) is 11.1 Å².